The summed E-state index contributed by atoms with van der Waals surface area (Å²) in [5.41, 5.74) is 0.827. The lowest BCUT2D eigenvalue weighted by Crippen LogP contribution is -2.42. The summed E-state index contributed by atoms with van der Waals surface area (Å²) in [6, 6.07) is 9.42. The standard InChI is InChI=1S/C18H21FN2O3S2/c1-13-2-7-17(25-13)26(23,24)21-10-8-15(9-11-21)18(22)20-12-14-3-5-16(19)6-4-14/h2-7,15H,8-12H2,1H3,(H,20,22). The molecule has 2 aromatic rings. The largest absolute Gasteiger partial charge is 0.352 e. The van der Waals surface area contributed by atoms with E-state index < -0.39 is 10.0 Å². The maximum absolute atomic E-state index is 12.9. The number of benzene rings is 1. The Bertz CT molecular complexity index is 870. The number of hydrogen-bond acceptors (Lipinski definition) is 4. The first-order valence-electron chi connectivity index (χ1n) is 8.45. The number of aryl methyl sites for hydroxylation is 1. The van der Waals surface area contributed by atoms with Gasteiger partial charge >= 0.3 is 0 Å². The zero-order valence-electron chi connectivity index (χ0n) is 14.4. The molecule has 1 fully saturated rings. The Hall–Kier alpha value is -1.77. The van der Waals surface area contributed by atoms with E-state index in [9.17, 15) is 17.6 Å². The molecule has 0 unspecified atom stereocenters. The Morgan fingerprint density at radius 1 is 1.19 bits per heavy atom. The highest BCUT2D eigenvalue weighted by Gasteiger charge is 2.32. The molecular weight excluding hydrogens is 375 g/mol. The van der Waals surface area contributed by atoms with Gasteiger partial charge in [-0.25, -0.2) is 12.8 Å². The van der Waals surface area contributed by atoms with E-state index in [-0.39, 0.29) is 17.6 Å². The van der Waals surface area contributed by atoms with Gasteiger partial charge in [-0.3, -0.25) is 4.79 Å². The van der Waals surface area contributed by atoms with Crippen LogP contribution in [0.4, 0.5) is 4.39 Å². The number of piperidine rings is 1. The number of nitrogens with one attached hydrogen (secondary N) is 1. The van der Waals surface area contributed by atoms with E-state index in [2.05, 4.69) is 5.32 Å². The maximum Gasteiger partial charge on any atom is 0.252 e. The molecule has 0 bridgehead atoms. The second-order valence-corrected chi connectivity index (χ2v) is 9.84. The van der Waals surface area contributed by atoms with Gasteiger partial charge in [-0.2, -0.15) is 4.31 Å². The highest BCUT2D eigenvalue weighted by atomic mass is 32.2. The monoisotopic (exact) mass is 396 g/mol. The van der Waals surface area contributed by atoms with Crippen LogP contribution in [0.2, 0.25) is 0 Å². The summed E-state index contributed by atoms with van der Waals surface area (Å²) in [5.74, 6) is -0.597. The van der Waals surface area contributed by atoms with Crippen LogP contribution in [-0.2, 0) is 21.4 Å². The van der Waals surface area contributed by atoms with Gasteiger partial charge in [-0.15, -0.1) is 11.3 Å². The van der Waals surface area contributed by atoms with Crippen LogP contribution in [0.3, 0.4) is 0 Å². The van der Waals surface area contributed by atoms with Gasteiger partial charge in [0.05, 0.1) is 0 Å². The predicted molar refractivity (Wildman–Crippen MR) is 98.8 cm³/mol. The third kappa shape index (κ3) is 4.31. The van der Waals surface area contributed by atoms with Crippen LogP contribution in [-0.4, -0.2) is 31.7 Å². The van der Waals surface area contributed by atoms with Crippen molar-refractivity contribution in [3.05, 3.63) is 52.7 Å². The van der Waals surface area contributed by atoms with E-state index in [1.807, 2.05) is 6.92 Å². The van der Waals surface area contributed by atoms with Gasteiger partial charge in [0.15, 0.2) is 0 Å². The van der Waals surface area contributed by atoms with Crippen LogP contribution in [0.15, 0.2) is 40.6 Å². The summed E-state index contributed by atoms with van der Waals surface area (Å²) in [6.45, 7) is 2.90. The molecule has 8 heteroatoms. The molecule has 1 N–H and O–H groups in total. The van der Waals surface area contributed by atoms with E-state index in [0.717, 1.165) is 10.4 Å². The van der Waals surface area contributed by atoms with Crippen molar-refractivity contribution in [2.75, 3.05) is 13.1 Å². The van der Waals surface area contributed by atoms with E-state index in [4.69, 9.17) is 0 Å². The van der Waals surface area contributed by atoms with Crippen molar-refractivity contribution in [3.63, 3.8) is 0 Å². The fraction of sp³-hybridized carbons (Fsp3) is 0.389. The molecule has 1 aromatic carbocycles. The van der Waals surface area contributed by atoms with Crippen molar-refractivity contribution < 1.29 is 17.6 Å². The second-order valence-electron chi connectivity index (χ2n) is 6.39. The number of sulfonamides is 1. The van der Waals surface area contributed by atoms with E-state index in [1.165, 1.54) is 27.8 Å². The number of nitrogens with zero attached hydrogens (tertiary/aromatic N) is 1. The fourth-order valence-electron chi connectivity index (χ4n) is 2.97. The Labute approximate surface area is 156 Å². The second kappa shape index (κ2) is 7.85. The van der Waals surface area contributed by atoms with Crippen molar-refractivity contribution in [1.82, 2.24) is 9.62 Å². The normalized spacial score (nSPS) is 16.5. The number of rotatable bonds is 5. The summed E-state index contributed by atoms with van der Waals surface area (Å²) < 4.78 is 39.9. The van der Waals surface area contributed by atoms with Crippen molar-refractivity contribution >= 4 is 27.3 Å². The van der Waals surface area contributed by atoms with Gasteiger partial charge < -0.3 is 5.32 Å². The Morgan fingerprint density at radius 3 is 2.42 bits per heavy atom. The molecule has 0 atom stereocenters. The SMILES string of the molecule is Cc1ccc(S(=O)(=O)N2CCC(C(=O)NCc3ccc(F)cc3)CC2)s1. The number of thiophene rings is 1. The molecule has 0 radical (unpaired) electrons. The van der Waals surface area contributed by atoms with Gasteiger partial charge in [0.25, 0.3) is 10.0 Å². The summed E-state index contributed by atoms with van der Waals surface area (Å²) in [4.78, 5) is 13.3. The van der Waals surface area contributed by atoms with E-state index in [1.54, 1.807) is 24.3 Å². The minimum Gasteiger partial charge on any atom is -0.352 e. The molecule has 5 nitrogen and oxygen atoms in total. The van der Waals surface area contributed by atoms with Crippen LogP contribution < -0.4 is 5.32 Å². The first-order valence-corrected chi connectivity index (χ1v) is 10.7. The summed E-state index contributed by atoms with van der Waals surface area (Å²) in [6.07, 6.45) is 0.998. The van der Waals surface area contributed by atoms with Gasteiger partial charge in [-0.1, -0.05) is 12.1 Å². The van der Waals surface area contributed by atoms with Crippen LogP contribution >= 0.6 is 11.3 Å². The number of carbonyl (C=O) groups is 1. The minimum atomic E-state index is -3.47. The summed E-state index contributed by atoms with van der Waals surface area (Å²) in [7, 11) is -3.47. The smallest absolute Gasteiger partial charge is 0.252 e. The summed E-state index contributed by atoms with van der Waals surface area (Å²) in [5, 5.41) is 2.85. The average molecular weight is 397 g/mol. The Balaban J connectivity index is 1.53. The molecule has 1 saturated heterocycles. The van der Waals surface area contributed by atoms with Crippen molar-refractivity contribution in [3.8, 4) is 0 Å². The lowest BCUT2D eigenvalue weighted by Gasteiger charge is -2.30. The molecule has 0 spiro atoms. The third-order valence-electron chi connectivity index (χ3n) is 4.51. The highest BCUT2D eigenvalue weighted by molar-refractivity contribution is 7.91. The lowest BCUT2D eigenvalue weighted by molar-refractivity contribution is -0.126. The summed E-state index contributed by atoms with van der Waals surface area (Å²) >= 11 is 1.27. The van der Waals surface area contributed by atoms with E-state index in [0.29, 0.717) is 36.7 Å². The lowest BCUT2D eigenvalue weighted by atomic mass is 9.97. The minimum absolute atomic E-state index is 0.0849. The number of amides is 1. The molecular formula is C18H21FN2O3S2. The first-order chi connectivity index (χ1) is 12.4. The zero-order valence-corrected chi connectivity index (χ0v) is 16.1. The maximum atomic E-state index is 12.9. The fourth-order valence-corrected chi connectivity index (χ4v) is 5.88. The third-order valence-corrected chi connectivity index (χ3v) is 7.88. The quantitative estimate of drug-likeness (QED) is 0.845. The highest BCUT2D eigenvalue weighted by Crippen LogP contribution is 2.28. The molecule has 1 amide bonds. The molecule has 1 aliphatic rings. The van der Waals surface area contributed by atoms with E-state index >= 15 is 0 Å². The van der Waals surface area contributed by atoms with Crippen LogP contribution in [0, 0.1) is 18.7 Å². The van der Waals surface area contributed by atoms with Gasteiger partial charge in [0.1, 0.15) is 10.0 Å². The molecule has 0 saturated carbocycles. The molecule has 2 heterocycles. The topological polar surface area (TPSA) is 66.5 Å². The average Bonchev–Trinajstić information content (AvgIpc) is 3.08. The van der Waals surface area contributed by atoms with Crippen molar-refractivity contribution in [2.45, 2.75) is 30.5 Å². The van der Waals surface area contributed by atoms with Crippen molar-refractivity contribution in [1.29, 1.82) is 0 Å². The molecule has 1 aliphatic heterocycles. The number of carbonyl (C=O) groups excluding carboxylic acids is 1. The molecule has 140 valence electrons. The Kier molecular flexibility index (Phi) is 5.74. The van der Waals surface area contributed by atoms with Crippen LogP contribution in [0.1, 0.15) is 23.3 Å². The van der Waals surface area contributed by atoms with Gasteiger partial charge in [0.2, 0.25) is 5.91 Å². The van der Waals surface area contributed by atoms with Crippen LogP contribution in [0.5, 0.6) is 0 Å². The molecule has 1 aromatic heterocycles. The van der Waals surface area contributed by atoms with Crippen molar-refractivity contribution in [2.24, 2.45) is 5.92 Å². The molecule has 3 rings (SSSR count). The van der Waals surface area contributed by atoms with Gasteiger partial charge in [-0.05, 0) is 49.6 Å². The van der Waals surface area contributed by atoms with Crippen LogP contribution in [0.25, 0.3) is 0 Å². The van der Waals surface area contributed by atoms with Gasteiger partial charge in [0, 0.05) is 30.4 Å². The molecule has 0 aliphatic carbocycles. The Morgan fingerprint density at radius 2 is 1.85 bits per heavy atom. The molecule has 26 heavy (non-hydrogen) atoms. The predicted octanol–water partition coefficient (Wildman–Crippen LogP) is 2.91. The number of hydrogen-bond donors (Lipinski definition) is 1. The number of halogens is 1. The first kappa shape index (κ1) is 19.0. The zero-order chi connectivity index (χ0) is 18.7.